The highest BCUT2D eigenvalue weighted by Gasteiger charge is 2.43. The van der Waals surface area contributed by atoms with Crippen molar-refractivity contribution in [2.45, 2.75) is 37.1 Å². The van der Waals surface area contributed by atoms with Gasteiger partial charge in [0.05, 0.1) is 37.4 Å². The van der Waals surface area contributed by atoms with Crippen molar-refractivity contribution in [3.63, 3.8) is 0 Å². The molecule has 0 amide bonds. The van der Waals surface area contributed by atoms with E-state index in [0.717, 1.165) is 25.9 Å². The molecule has 4 aliphatic rings. The first-order valence-corrected chi connectivity index (χ1v) is 10.2. The van der Waals surface area contributed by atoms with Gasteiger partial charge in [0.25, 0.3) is 0 Å². The molecule has 0 aromatic heterocycles. The minimum atomic E-state index is 0.293. The van der Waals surface area contributed by atoms with E-state index in [2.05, 4.69) is 70.2 Å². The largest absolute Gasteiger partial charge is 0.360 e. The summed E-state index contributed by atoms with van der Waals surface area (Å²) in [6.07, 6.45) is 2.64. The molecule has 2 aliphatic carbocycles. The monoisotopic (exact) mass is 372 g/mol. The Balaban J connectivity index is 1.12. The standard InChI is InChI=1S/C24H24N2O2/c1-3-9-19-17(7-1)13-21-23(19)25(15-27-21)11-5-6-12-26-16-28-22-14-18-8-2-4-10-20(18)24(22)26/h1-4,7-10,21-24H,11-16H2/t21-,22-,23+,24+/m1/s1. The summed E-state index contributed by atoms with van der Waals surface area (Å²) >= 11 is 0. The lowest BCUT2D eigenvalue weighted by molar-refractivity contribution is 0.0927. The van der Waals surface area contributed by atoms with E-state index >= 15 is 0 Å². The summed E-state index contributed by atoms with van der Waals surface area (Å²) in [4.78, 5) is 4.75. The first-order valence-electron chi connectivity index (χ1n) is 10.2. The van der Waals surface area contributed by atoms with Crippen molar-refractivity contribution in [2.24, 2.45) is 0 Å². The van der Waals surface area contributed by atoms with Crippen molar-refractivity contribution < 1.29 is 9.47 Å². The molecule has 0 saturated carbocycles. The third kappa shape index (κ3) is 2.62. The molecule has 0 bridgehead atoms. The molecule has 28 heavy (non-hydrogen) atoms. The minimum absolute atomic E-state index is 0.293. The molecule has 0 spiro atoms. The fourth-order valence-electron chi connectivity index (χ4n) is 5.38. The highest BCUT2D eigenvalue weighted by Crippen LogP contribution is 2.42. The van der Waals surface area contributed by atoms with Gasteiger partial charge in [-0.1, -0.05) is 60.4 Å². The van der Waals surface area contributed by atoms with Gasteiger partial charge in [-0.2, -0.15) is 0 Å². The fraction of sp³-hybridized carbons (Fsp3) is 0.417. The second-order valence-corrected chi connectivity index (χ2v) is 8.21. The topological polar surface area (TPSA) is 24.9 Å². The predicted octanol–water partition coefficient (Wildman–Crippen LogP) is 2.90. The number of rotatable bonds is 2. The molecule has 2 aromatic rings. The lowest BCUT2D eigenvalue weighted by atomic mass is 10.1. The van der Waals surface area contributed by atoms with Gasteiger partial charge < -0.3 is 9.47 Å². The molecule has 0 radical (unpaired) electrons. The van der Waals surface area contributed by atoms with E-state index in [1.807, 2.05) is 0 Å². The SMILES string of the molecule is C(#CCN1CO[C@@H]2Cc3ccccc3[C@@H]21)CN1CO[C@@H]2Cc3ccccc3[C@@H]21. The van der Waals surface area contributed by atoms with Crippen LogP contribution in [0.1, 0.15) is 34.3 Å². The molecule has 4 heteroatoms. The predicted molar refractivity (Wildman–Crippen MR) is 106 cm³/mol. The maximum atomic E-state index is 6.03. The second kappa shape index (κ2) is 6.72. The molecule has 2 saturated heterocycles. The van der Waals surface area contributed by atoms with Crippen molar-refractivity contribution >= 4 is 0 Å². The molecular weight excluding hydrogens is 348 g/mol. The van der Waals surface area contributed by atoms with Gasteiger partial charge in [-0.15, -0.1) is 0 Å². The van der Waals surface area contributed by atoms with Crippen LogP contribution in [0.15, 0.2) is 48.5 Å². The lowest BCUT2D eigenvalue weighted by Gasteiger charge is -2.21. The smallest absolute Gasteiger partial charge is 0.101 e. The van der Waals surface area contributed by atoms with Crippen LogP contribution in [-0.4, -0.2) is 48.6 Å². The number of benzene rings is 2. The number of nitrogens with zero attached hydrogens (tertiary/aromatic N) is 2. The van der Waals surface area contributed by atoms with Gasteiger partial charge >= 0.3 is 0 Å². The van der Waals surface area contributed by atoms with Crippen LogP contribution in [0.3, 0.4) is 0 Å². The zero-order valence-corrected chi connectivity index (χ0v) is 15.9. The Bertz CT molecular complexity index is 887. The molecule has 2 heterocycles. The Morgan fingerprint density at radius 1 is 0.714 bits per heavy atom. The second-order valence-electron chi connectivity index (χ2n) is 8.21. The van der Waals surface area contributed by atoms with E-state index < -0.39 is 0 Å². The van der Waals surface area contributed by atoms with Crippen LogP contribution in [0.4, 0.5) is 0 Å². The van der Waals surface area contributed by atoms with Gasteiger partial charge in [0.15, 0.2) is 0 Å². The summed E-state index contributed by atoms with van der Waals surface area (Å²) in [6, 6.07) is 18.2. The van der Waals surface area contributed by atoms with Crippen LogP contribution in [0.2, 0.25) is 0 Å². The van der Waals surface area contributed by atoms with Crippen molar-refractivity contribution in [3.8, 4) is 11.8 Å². The molecule has 142 valence electrons. The molecule has 4 nitrogen and oxygen atoms in total. The minimum Gasteiger partial charge on any atom is -0.360 e. The quantitative estimate of drug-likeness (QED) is 0.757. The highest BCUT2D eigenvalue weighted by molar-refractivity contribution is 5.38. The fourth-order valence-corrected chi connectivity index (χ4v) is 5.38. The van der Waals surface area contributed by atoms with Gasteiger partial charge in [-0.3, -0.25) is 9.80 Å². The number of fused-ring (bicyclic) bond motifs is 6. The average molecular weight is 372 g/mol. The van der Waals surface area contributed by atoms with Crippen LogP contribution >= 0.6 is 0 Å². The van der Waals surface area contributed by atoms with Gasteiger partial charge in [0.2, 0.25) is 0 Å². The zero-order chi connectivity index (χ0) is 18.5. The van der Waals surface area contributed by atoms with Gasteiger partial charge in [-0.05, 0) is 22.3 Å². The van der Waals surface area contributed by atoms with Crippen molar-refractivity contribution in [1.29, 1.82) is 0 Å². The van der Waals surface area contributed by atoms with Crippen LogP contribution in [-0.2, 0) is 22.3 Å². The molecule has 0 unspecified atom stereocenters. The van der Waals surface area contributed by atoms with E-state index in [1.54, 1.807) is 0 Å². The van der Waals surface area contributed by atoms with Gasteiger partial charge in [0, 0.05) is 12.8 Å². The van der Waals surface area contributed by atoms with E-state index in [1.165, 1.54) is 22.3 Å². The molecule has 2 aromatic carbocycles. The van der Waals surface area contributed by atoms with E-state index in [9.17, 15) is 0 Å². The highest BCUT2D eigenvalue weighted by atomic mass is 16.5. The average Bonchev–Trinajstić information content (AvgIpc) is 3.46. The molecule has 2 fully saturated rings. The van der Waals surface area contributed by atoms with Crippen molar-refractivity contribution in [3.05, 3.63) is 70.8 Å². The summed E-state index contributed by atoms with van der Waals surface area (Å²) < 4.78 is 12.1. The maximum absolute atomic E-state index is 6.03. The number of hydrogen-bond donors (Lipinski definition) is 0. The Labute approximate surface area is 166 Å². The first-order chi connectivity index (χ1) is 13.9. The van der Waals surface area contributed by atoms with E-state index in [0.29, 0.717) is 37.8 Å². The molecule has 4 atom stereocenters. The van der Waals surface area contributed by atoms with Gasteiger partial charge in [-0.25, -0.2) is 0 Å². The zero-order valence-electron chi connectivity index (χ0n) is 15.9. The Morgan fingerprint density at radius 3 is 1.68 bits per heavy atom. The van der Waals surface area contributed by atoms with Crippen LogP contribution in [0, 0.1) is 11.8 Å². The number of hydrogen-bond acceptors (Lipinski definition) is 4. The lowest BCUT2D eigenvalue weighted by Crippen LogP contribution is -2.27. The summed E-state index contributed by atoms with van der Waals surface area (Å²) in [5, 5.41) is 0. The number of ether oxygens (including phenoxy) is 2. The summed E-state index contributed by atoms with van der Waals surface area (Å²) in [7, 11) is 0. The molecule has 0 N–H and O–H groups in total. The van der Waals surface area contributed by atoms with Crippen LogP contribution in [0.5, 0.6) is 0 Å². The Hall–Kier alpha value is -2.16. The van der Waals surface area contributed by atoms with Crippen molar-refractivity contribution in [1.82, 2.24) is 9.80 Å². The normalized spacial score (nSPS) is 30.4. The van der Waals surface area contributed by atoms with E-state index in [-0.39, 0.29) is 0 Å². The molecular formula is C24H24N2O2. The molecule has 2 aliphatic heterocycles. The first kappa shape index (κ1) is 16.8. The molecule has 6 rings (SSSR count). The third-order valence-corrected chi connectivity index (χ3v) is 6.68. The maximum Gasteiger partial charge on any atom is 0.101 e. The summed E-state index contributed by atoms with van der Waals surface area (Å²) in [6.45, 7) is 2.89. The van der Waals surface area contributed by atoms with Crippen molar-refractivity contribution in [2.75, 3.05) is 26.6 Å². The van der Waals surface area contributed by atoms with Gasteiger partial charge in [0.1, 0.15) is 13.5 Å². The van der Waals surface area contributed by atoms with Crippen LogP contribution in [0.25, 0.3) is 0 Å². The van der Waals surface area contributed by atoms with E-state index in [4.69, 9.17) is 9.47 Å². The third-order valence-electron chi connectivity index (χ3n) is 6.68. The summed E-state index contributed by atoms with van der Waals surface area (Å²) in [5.74, 6) is 6.80. The Kier molecular flexibility index (Phi) is 4.02. The van der Waals surface area contributed by atoms with Crippen LogP contribution < -0.4 is 0 Å². The summed E-state index contributed by atoms with van der Waals surface area (Å²) in [5.41, 5.74) is 5.70. The Morgan fingerprint density at radius 2 is 1.18 bits per heavy atom.